The fourth-order valence-electron chi connectivity index (χ4n) is 4.15. The number of hydrogen-bond acceptors (Lipinski definition) is 4. The molecule has 0 heterocycles. The summed E-state index contributed by atoms with van der Waals surface area (Å²) in [6.07, 6.45) is 16.7. The lowest BCUT2D eigenvalue weighted by atomic mass is 9.93. The Kier molecular flexibility index (Phi) is 19.9. The Morgan fingerprint density at radius 2 is 1.05 bits per heavy atom. The Hall–Kier alpha value is -3.19. The molecule has 7 nitrogen and oxygen atoms in total. The molecule has 0 aromatic heterocycles. The molecule has 1 atom stereocenters. The minimum Gasteiger partial charge on any atom is -0.379 e. The molecule has 43 heavy (non-hydrogen) atoms. The van der Waals surface area contributed by atoms with Gasteiger partial charge in [0.2, 0.25) is 17.7 Å². The van der Waals surface area contributed by atoms with Crippen molar-refractivity contribution >= 4 is 17.7 Å². The number of aliphatic hydroxyl groups is 1. The lowest BCUT2D eigenvalue weighted by molar-refractivity contribution is -0.150. The van der Waals surface area contributed by atoms with Crippen molar-refractivity contribution in [1.29, 1.82) is 0 Å². The maximum Gasteiger partial charge on any atom is 0.250 e. The predicted octanol–water partition coefficient (Wildman–Crippen LogP) is 7.01. The summed E-state index contributed by atoms with van der Waals surface area (Å²) in [5.74, 6) is -2.07. The first-order valence-corrected chi connectivity index (χ1v) is 15.5. The normalized spacial score (nSPS) is 13.5. The molecule has 0 aromatic rings. The summed E-state index contributed by atoms with van der Waals surface area (Å²) in [7, 11) is 0. The quantitative estimate of drug-likeness (QED) is 0.131. The van der Waals surface area contributed by atoms with E-state index in [0.29, 0.717) is 13.1 Å². The molecule has 0 spiro atoms. The van der Waals surface area contributed by atoms with E-state index < -0.39 is 36.2 Å². The van der Waals surface area contributed by atoms with Crippen LogP contribution in [0.3, 0.4) is 0 Å². The van der Waals surface area contributed by atoms with Crippen LogP contribution in [0.4, 0.5) is 0 Å². The molecule has 0 radical (unpaired) electrons. The summed E-state index contributed by atoms with van der Waals surface area (Å²) in [5, 5.41) is 13.8. The van der Waals surface area contributed by atoms with Crippen LogP contribution in [-0.2, 0) is 14.4 Å². The number of primary amides is 1. The highest BCUT2D eigenvalue weighted by Gasteiger charge is 2.39. The maximum atomic E-state index is 13.5. The second kappa shape index (κ2) is 21.5. The Balaban J connectivity index is 5.58. The molecule has 0 fully saturated rings. The van der Waals surface area contributed by atoms with E-state index in [1.165, 1.54) is 16.7 Å². The number of nitrogens with one attached hydrogen (secondary N) is 1. The van der Waals surface area contributed by atoms with Crippen LogP contribution >= 0.6 is 0 Å². The molecule has 4 N–H and O–H groups in total. The first-order valence-electron chi connectivity index (χ1n) is 15.5. The average molecular weight is 598 g/mol. The summed E-state index contributed by atoms with van der Waals surface area (Å²) in [5.41, 5.74) is 10.5. The zero-order chi connectivity index (χ0) is 33.0. The minimum atomic E-state index is -2.29. The van der Waals surface area contributed by atoms with Gasteiger partial charge in [0.1, 0.15) is 0 Å². The van der Waals surface area contributed by atoms with Crippen molar-refractivity contribution in [3.8, 4) is 0 Å². The molecular weight excluding hydrogens is 538 g/mol. The van der Waals surface area contributed by atoms with E-state index >= 15 is 0 Å². The van der Waals surface area contributed by atoms with Gasteiger partial charge in [0.05, 0.1) is 12.8 Å². The number of rotatable bonds is 20. The molecule has 7 heteroatoms. The van der Waals surface area contributed by atoms with Gasteiger partial charge in [0.25, 0.3) is 0 Å². The van der Waals surface area contributed by atoms with Crippen molar-refractivity contribution in [1.82, 2.24) is 10.2 Å². The number of allylic oxidation sites excluding steroid dienone is 9. The van der Waals surface area contributed by atoms with Gasteiger partial charge in [-0.2, -0.15) is 0 Å². The van der Waals surface area contributed by atoms with E-state index in [-0.39, 0.29) is 6.54 Å². The van der Waals surface area contributed by atoms with E-state index in [0.717, 1.165) is 55.2 Å². The van der Waals surface area contributed by atoms with Crippen molar-refractivity contribution in [2.75, 3.05) is 19.6 Å². The largest absolute Gasteiger partial charge is 0.379 e. The number of nitrogens with two attached hydrogens (primary N) is 1. The maximum absolute atomic E-state index is 13.5. The van der Waals surface area contributed by atoms with Crippen molar-refractivity contribution in [2.24, 2.45) is 5.73 Å². The van der Waals surface area contributed by atoms with Crippen molar-refractivity contribution < 1.29 is 19.5 Å². The second-order valence-electron chi connectivity index (χ2n) is 12.5. The van der Waals surface area contributed by atoms with Crippen LogP contribution < -0.4 is 11.1 Å². The van der Waals surface area contributed by atoms with Crippen molar-refractivity contribution in [3.63, 3.8) is 0 Å². The minimum absolute atomic E-state index is 0.266. The molecule has 0 bridgehead atoms. The number of carbonyl (C=O) groups is 3. The standard InChI is InChI=1S/C36H59N3O4/c1-27(2)13-10-16-30(7)19-22-38-33(40)25-36(43,35(37)42)26-34(41)39(23-20-31(8)17-11-14-28(3)4)24-21-32(9)18-12-15-29(5)6/h13-15,19-21,43H,10-12,16-18,22-26H2,1-9H3,(H2,37,42)(H,38,40). The Bertz CT molecular complexity index is 1060. The van der Waals surface area contributed by atoms with E-state index in [9.17, 15) is 19.5 Å². The van der Waals surface area contributed by atoms with Gasteiger partial charge >= 0.3 is 0 Å². The molecular formula is C36H59N3O4. The molecule has 0 aromatic carbocycles. The molecule has 242 valence electrons. The molecule has 0 aliphatic heterocycles. The fourth-order valence-corrected chi connectivity index (χ4v) is 4.15. The van der Waals surface area contributed by atoms with E-state index in [1.807, 2.05) is 39.0 Å². The zero-order valence-corrected chi connectivity index (χ0v) is 28.4. The van der Waals surface area contributed by atoms with E-state index in [4.69, 9.17) is 5.73 Å². The topological polar surface area (TPSA) is 113 Å². The number of amides is 3. The highest BCUT2D eigenvalue weighted by atomic mass is 16.3. The first kappa shape index (κ1) is 39.8. The molecule has 0 aliphatic rings. The summed E-state index contributed by atoms with van der Waals surface area (Å²) in [6.45, 7) is 19.4. The van der Waals surface area contributed by atoms with Crippen LogP contribution in [0.2, 0.25) is 0 Å². The first-order chi connectivity index (χ1) is 20.1. The molecule has 3 amide bonds. The third-order valence-electron chi connectivity index (χ3n) is 7.05. The van der Waals surface area contributed by atoms with Crippen LogP contribution in [0.15, 0.2) is 69.9 Å². The van der Waals surface area contributed by atoms with Crippen LogP contribution in [0.5, 0.6) is 0 Å². The summed E-state index contributed by atoms with van der Waals surface area (Å²) < 4.78 is 0. The Morgan fingerprint density at radius 1 is 0.651 bits per heavy atom. The average Bonchev–Trinajstić information content (AvgIpc) is 2.87. The number of hydrogen-bond donors (Lipinski definition) is 3. The van der Waals surface area contributed by atoms with Crippen LogP contribution in [-0.4, -0.2) is 53.0 Å². The lowest BCUT2D eigenvalue weighted by Crippen LogP contribution is -2.51. The van der Waals surface area contributed by atoms with Gasteiger partial charge in [-0.3, -0.25) is 14.4 Å². The van der Waals surface area contributed by atoms with E-state index in [2.05, 4.69) is 65.1 Å². The van der Waals surface area contributed by atoms with Crippen LogP contribution in [0.1, 0.15) is 114 Å². The van der Waals surface area contributed by atoms with Gasteiger partial charge in [0.15, 0.2) is 5.60 Å². The second-order valence-corrected chi connectivity index (χ2v) is 12.5. The molecule has 1 unspecified atom stereocenters. The molecule has 0 saturated heterocycles. The summed E-state index contributed by atoms with van der Waals surface area (Å²) >= 11 is 0. The Labute approximate surface area is 261 Å². The number of carbonyl (C=O) groups excluding carboxylic acids is 3. The lowest BCUT2D eigenvalue weighted by Gasteiger charge is -2.28. The van der Waals surface area contributed by atoms with Gasteiger partial charge in [-0.25, -0.2) is 0 Å². The smallest absolute Gasteiger partial charge is 0.250 e. The van der Waals surface area contributed by atoms with Crippen molar-refractivity contribution in [2.45, 2.75) is 119 Å². The zero-order valence-electron chi connectivity index (χ0n) is 28.4. The van der Waals surface area contributed by atoms with Gasteiger partial charge in [-0.1, -0.05) is 69.9 Å². The van der Waals surface area contributed by atoms with Crippen LogP contribution in [0.25, 0.3) is 0 Å². The monoisotopic (exact) mass is 597 g/mol. The van der Waals surface area contributed by atoms with Gasteiger partial charge in [0, 0.05) is 19.6 Å². The third-order valence-corrected chi connectivity index (χ3v) is 7.05. The fraction of sp³-hybridized carbons (Fsp3) is 0.583. The molecule has 0 aliphatic carbocycles. The summed E-state index contributed by atoms with van der Waals surface area (Å²) in [4.78, 5) is 40.0. The molecule has 0 saturated carbocycles. The summed E-state index contributed by atoms with van der Waals surface area (Å²) in [6, 6.07) is 0. The number of nitrogens with zero attached hydrogens (tertiary/aromatic N) is 1. The van der Waals surface area contributed by atoms with Crippen LogP contribution in [0, 0.1) is 0 Å². The highest BCUT2D eigenvalue weighted by Crippen LogP contribution is 2.18. The SMILES string of the molecule is CC(C)=CCCC(C)=CCNC(=O)CC(O)(CC(=O)N(CC=C(C)CCC=C(C)C)CC=C(C)CCC=C(C)C)C(N)=O. The molecule has 0 rings (SSSR count). The van der Waals surface area contributed by atoms with Gasteiger partial charge < -0.3 is 21.1 Å². The third kappa shape index (κ3) is 20.4. The Morgan fingerprint density at radius 3 is 1.42 bits per heavy atom. The highest BCUT2D eigenvalue weighted by molar-refractivity contribution is 5.94. The predicted molar refractivity (Wildman–Crippen MR) is 180 cm³/mol. The van der Waals surface area contributed by atoms with Crippen molar-refractivity contribution in [3.05, 3.63) is 69.9 Å². The van der Waals surface area contributed by atoms with E-state index in [1.54, 1.807) is 4.90 Å². The van der Waals surface area contributed by atoms with Gasteiger partial charge in [-0.15, -0.1) is 0 Å². The van der Waals surface area contributed by atoms with Gasteiger partial charge in [-0.05, 0) is 101 Å².